The Bertz CT molecular complexity index is 418. The molecule has 1 rings (SSSR count). The van der Waals surface area contributed by atoms with Crippen LogP contribution in [0.3, 0.4) is 0 Å². The van der Waals surface area contributed by atoms with Gasteiger partial charge in [-0.25, -0.2) is 0 Å². The van der Waals surface area contributed by atoms with E-state index in [0.717, 1.165) is 12.3 Å². The Balaban J connectivity index is 3.17. The molecule has 0 bridgehead atoms. The molecular formula is C18H32N2O. The predicted molar refractivity (Wildman–Crippen MR) is 92.5 cm³/mol. The molecule has 1 unspecified atom stereocenters. The van der Waals surface area contributed by atoms with Crippen LogP contribution in [0.5, 0.6) is 5.75 Å². The smallest absolute Gasteiger partial charge is 0.125 e. The van der Waals surface area contributed by atoms with Gasteiger partial charge in [0, 0.05) is 29.9 Å². The van der Waals surface area contributed by atoms with Crippen molar-refractivity contribution in [2.75, 3.05) is 25.6 Å². The topological polar surface area (TPSA) is 24.5 Å². The number of rotatable bonds is 9. The van der Waals surface area contributed by atoms with Crippen molar-refractivity contribution in [2.45, 2.75) is 59.0 Å². The lowest BCUT2D eigenvalue weighted by atomic mass is 10.0. The Labute approximate surface area is 130 Å². The number of methoxy groups -OCH3 is 1. The molecule has 0 aliphatic rings. The third-order valence-electron chi connectivity index (χ3n) is 4.06. The Kier molecular flexibility index (Phi) is 7.58. The Hall–Kier alpha value is -1.22. The average molecular weight is 292 g/mol. The molecule has 0 saturated heterocycles. The van der Waals surface area contributed by atoms with Gasteiger partial charge in [-0.2, -0.15) is 0 Å². The number of hydrogen-bond acceptors (Lipinski definition) is 3. The first-order valence-electron chi connectivity index (χ1n) is 8.17. The molecule has 1 N–H and O–H groups in total. The zero-order valence-electron chi connectivity index (χ0n) is 14.6. The Morgan fingerprint density at radius 3 is 2.43 bits per heavy atom. The van der Waals surface area contributed by atoms with Crippen LogP contribution in [0.25, 0.3) is 0 Å². The van der Waals surface area contributed by atoms with Crippen molar-refractivity contribution in [3.05, 3.63) is 23.8 Å². The van der Waals surface area contributed by atoms with E-state index < -0.39 is 0 Å². The summed E-state index contributed by atoms with van der Waals surface area (Å²) in [5.74, 6) is 0.968. The molecule has 0 radical (unpaired) electrons. The highest BCUT2D eigenvalue weighted by Gasteiger charge is 2.20. The maximum atomic E-state index is 5.60. The molecule has 0 spiro atoms. The van der Waals surface area contributed by atoms with Gasteiger partial charge in [-0.05, 0) is 46.4 Å². The second-order valence-corrected chi connectivity index (χ2v) is 5.90. The first-order chi connectivity index (χ1) is 10.1. The van der Waals surface area contributed by atoms with Gasteiger partial charge in [-0.15, -0.1) is 0 Å². The summed E-state index contributed by atoms with van der Waals surface area (Å²) in [7, 11) is 3.75. The highest BCUT2D eigenvalue weighted by molar-refractivity contribution is 5.61. The summed E-state index contributed by atoms with van der Waals surface area (Å²) in [5, 5.41) is 3.35. The highest BCUT2D eigenvalue weighted by atomic mass is 16.5. The normalized spacial score (nSPS) is 12.5. The van der Waals surface area contributed by atoms with Gasteiger partial charge in [0.05, 0.1) is 7.11 Å². The maximum absolute atomic E-state index is 5.60. The summed E-state index contributed by atoms with van der Waals surface area (Å²) in [5.41, 5.74) is 2.55. The number of unbranched alkanes of at least 4 members (excludes halogenated alkanes) is 2. The average Bonchev–Trinajstić information content (AvgIpc) is 2.49. The van der Waals surface area contributed by atoms with Crippen molar-refractivity contribution < 1.29 is 4.74 Å². The lowest BCUT2D eigenvalue weighted by Gasteiger charge is -2.33. The number of anilines is 1. The fourth-order valence-electron chi connectivity index (χ4n) is 2.73. The van der Waals surface area contributed by atoms with Crippen LogP contribution < -0.4 is 15.0 Å². The van der Waals surface area contributed by atoms with Gasteiger partial charge in [0.15, 0.2) is 0 Å². The molecule has 0 aliphatic carbocycles. The summed E-state index contributed by atoms with van der Waals surface area (Å²) in [6.07, 6.45) is 3.77. The van der Waals surface area contributed by atoms with Crippen LogP contribution in [-0.2, 0) is 0 Å². The van der Waals surface area contributed by atoms with E-state index in [9.17, 15) is 0 Å². The minimum atomic E-state index is 0.267. The molecule has 0 amide bonds. The molecule has 0 fully saturated rings. The summed E-state index contributed by atoms with van der Waals surface area (Å²) in [4.78, 5) is 2.50. The number of hydrogen-bond donors (Lipinski definition) is 1. The van der Waals surface area contributed by atoms with Crippen molar-refractivity contribution in [2.24, 2.45) is 0 Å². The molecule has 3 heteroatoms. The van der Waals surface area contributed by atoms with Crippen LogP contribution in [0, 0.1) is 0 Å². The van der Waals surface area contributed by atoms with Crippen molar-refractivity contribution in [1.29, 1.82) is 0 Å². The highest BCUT2D eigenvalue weighted by Crippen LogP contribution is 2.35. The minimum Gasteiger partial charge on any atom is -0.496 e. The summed E-state index contributed by atoms with van der Waals surface area (Å²) in [6, 6.07) is 7.12. The van der Waals surface area contributed by atoms with Crippen LogP contribution in [0.1, 0.15) is 58.6 Å². The minimum absolute atomic E-state index is 0.267. The lowest BCUT2D eigenvalue weighted by Crippen LogP contribution is -2.33. The monoisotopic (exact) mass is 292 g/mol. The standard InChI is InChI=1S/C18H32N2O/c1-7-8-9-13-20(14(2)3)16-11-10-12-17(21-6)18(16)15(4)19-5/h10-12,14-15,19H,7-9,13H2,1-6H3. The molecule has 1 aromatic carbocycles. The van der Waals surface area contributed by atoms with E-state index in [2.05, 4.69) is 56.1 Å². The third-order valence-corrected chi connectivity index (χ3v) is 4.06. The van der Waals surface area contributed by atoms with E-state index in [4.69, 9.17) is 4.74 Å². The van der Waals surface area contributed by atoms with Gasteiger partial charge in [-0.3, -0.25) is 0 Å². The summed E-state index contributed by atoms with van der Waals surface area (Å²) in [6.45, 7) is 10.1. The van der Waals surface area contributed by atoms with Gasteiger partial charge < -0.3 is 15.0 Å². The SMILES string of the molecule is CCCCCN(c1cccc(OC)c1C(C)NC)C(C)C. The quantitative estimate of drug-likeness (QED) is 0.684. The van der Waals surface area contributed by atoms with Crippen molar-refractivity contribution in [1.82, 2.24) is 5.32 Å². The van der Waals surface area contributed by atoms with Gasteiger partial charge in [-0.1, -0.05) is 25.8 Å². The molecule has 0 aromatic heterocycles. The second kappa shape index (κ2) is 8.93. The van der Waals surface area contributed by atoms with Crippen LogP contribution in [0.15, 0.2) is 18.2 Å². The fourth-order valence-corrected chi connectivity index (χ4v) is 2.73. The fraction of sp³-hybridized carbons (Fsp3) is 0.667. The van der Waals surface area contributed by atoms with E-state index >= 15 is 0 Å². The van der Waals surface area contributed by atoms with Crippen LogP contribution in [0.2, 0.25) is 0 Å². The molecule has 0 saturated carbocycles. The van der Waals surface area contributed by atoms with E-state index in [0.29, 0.717) is 6.04 Å². The first kappa shape index (κ1) is 17.8. The predicted octanol–water partition coefficient (Wildman–Crippen LogP) is 4.38. The Morgan fingerprint density at radius 2 is 1.90 bits per heavy atom. The number of nitrogens with one attached hydrogen (secondary N) is 1. The van der Waals surface area contributed by atoms with E-state index in [1.165, 1.54) is 30.5 Å². The van der Waals surface area contributed by atoms with Crippen LogP contribution in [0.4, 0.5) is 5.69 Å². The summed E-state index contributed by atoms with van der Waals surface area (Å²) >= 11 is 0. The number of ether oxygens (including phenoxy) is 1. The zero-order valence-corrected chi connectivity index (χ0v) is 14.6. The molecular weight excluding hydrogens is 260 g/mol. The zero-order chi connectivity index (χ0) is 15.8. The van der Waals surface area contributed by atoms with E-state index in [1.807, 2.05) is 7.05 Å². The third kappa shape index (κ3) is 4.63. The second-order valence-electron chi connectivity index (χ2n) is 5.90. The van der Waals surface area contributed by atoms with Crippen LogP contribution in [-0.4, -0.2) is 26.7 Å². The molecule has 0 heterocycles. The van der Waals surface area contributed by atoms with Crippen molar-refractivity contribution in [3.63, 3.8) is 0 Å². The number of benzene rings is 1. The molecule has 21 heavy (non-hydrogen) atoms. The van der Waals surface area contributed by atoms with Gasteiger partial charge in [0.1, 0.15) is 5.75 Å². The van der Waals surface area contributed by atoms with Crippen molar-refractivity contribution >= 4 is 5.69 Å². The lowest BCUT2D eigenvalue weighted by molar-refractivity contribution is 0.403. The van der Waals surface area contributed by atoms with E-state index in [-0.39, 0.29) is 6.04 Å². The van der Waals surface area contributed by atoms with Gasteiger partial charge >= 0.3 is 0 Å². The molecule has 120 valence electrons. The Morgan fingerprint density at radius 1 is 1.19 bits per heavy atom. The summed E-state index contributed by atoms with van der Waals surface area (Å²) < 4.78 is 5.60. The number of nitrogens with zero attached hydrogens (tertiary/aromatic N) is 1. The largest absolute Gasteiger partial charge is 0.496 e. The van der Waals surface area contributed by atoms with Gasteiger partial charge in [0.25, 0.3) is 0 Å². The molecule has 1 aromatic rings. The first-order valence-corrected chi connectivity index (χ1v) is 8.17. The molecule has 3 nitrogen and oxygen atoms in total. The van der Waals surface area contributed by atoms with E-state index in [1.54, 1.807) is 7.11 Å². The maximum Gasteiger partial charge on any atom is 0.125 e. The van der Waals surface area contributed by atoms with Crippen molar-refractivity contribution in [3.8, 4) is 5.75 Å². The molecule has 1 atom stereocenters. The molecule has 0 aliphatic heterocycles. The van der Waals surface area contributed by atoms with Gasteiger partial charge in [0.2, 0.25) is 0 Å². The van der Waals surface area contributed by atoms with Crippen LogP contribution >= 0.6 is 0 Å².